The summed E-state index contributed by atoms with van der Waals surface area (Å²) in [6, 6.07) is 9.47. The van der Waals surface area contributed by atoms with Crippen LogP contribution in [0.1, 0.15) is 10.4 Å². The molecule has 0 unspecified atom stereocenters. The molecule has 4 heteroatoms. The maximum Gasteiger partial charge on any atom is 0.176 e. The third-order valence-corrected chi connectivity index (χ3v) is 3.12. The van der Waals surface area contributed by atoms with Crippen molar-refractivity contribution in [2.24, 2.45) is 0 Å². The van der Waals surface area contributed by atoms with E-state index in [1.807, 2.05) is 49.3 Å². The number of ether oxygens (including phenoxy) is 2. The van der Waals surface area contributed by atoms with Crippen LogP contribution in [0.15, 0.2) is 30.3 Å². The quantitative estimate of drug-likeness (QED) is 0.785. The van der Waals surface area contributed by atoms with Gasteiger partial charge in [-0.05, 0) is 43.1 Å². The van der Waals surface area contributed by atoms with E-state index in [1.54, 1.807) is 14.2 Å². The number of fused-ring (bicyclic) bond motifs is 1. The summed E-state index contributed by atoms with van der Waals surface area (Å²) in [7, 11) is 6.98. The van der Waals surface area contributed by atoms with Crippen LogP contribution in [0.3, 0.4) is 0 Å². The molecule has 2 aromatic carbocycles. The monoisotopic (exact) mass is 273 g/mol. The Bertz CT molecular complexity index is 635. The van der Waals surface area contributed by atoms with Gasteiger partial charge in [-0.25, -0.2) is 0 Å². The number of hydrogen-bond donors (Lipinski definition) is 0. The Morgan fingerprint density at radius 3 is 2.15 bits per heavy atom. The second-order valence-electron chi connectivity index (χ2n) is 4.93. The standard InChI is InChI=1S/C16H19NO3/c1-17(2)10-14(18)12-6-5-11-8-15(19-3)16(20-4)9-13(11)7-12/h5-9H,10H2,1-4H3. The van der Waals surface area contributed by atoms with Gasteiger partial charge in [0.2, 0.25) is 0 Å². The van der Waals surface area contributed by atoms with E-state index in [0.29, 0.717) is 23.6 Å². The third kappa shape index (κ3) is 2.91. The SMILES string of the molecule is COc1cc2ccc(C(=O)CN(C)C)cc2cc1OC. The van der Waals surface area contributed by atoms with Crippen LogP contribution >= 0.6 is 0 Å². The highest BCUT2D eigenvalue weighted by Crippen LogP contribution is 2.32. The first-order chi connectivity index (χ1) is 9.55. The molecular weight excluding hydrogens is 254 g/mol. The van der Waals surface area contributed by atoms with Crippen molar-refractivity contribution in [3.63, 3.8) is 0 Å². The summed E-state index contributed by atoms with van der Waals surface area (Å²) in [5, 5.41) is 1.98. The molecular formula is C16H19NO3. The number of rotatable bonds is 5. The largest absolute Gasteiger partial charge is 0.493 e. The first-order valence-corrected chi connectivity index (χ1v) is 6.39. The molecule has 4 nitrogen and oxygen atoms in total. The van der Waals surface area contributed by atoms with Crippen LogP contribution in [-0.2, 0) is 0 Å². The van der Waals surface area contributed by atoms with Crippen molar-refractivity contribution in [1.29, 1.82) is 0 Å². The number of carbonyl (C=O) groups excluding carboxylic acids is 1. The molecule has 20 heavy (non-hydrogen) atoms. The number of ketones is 1. The van der Waals surface area contributed by atoms with Crippen molar-refractivity contribution in [1.82, 2.24) is 4.90 Å². The Morgan fingerprint density at radius 2 is 1.60 bits per heavy atom. The van der Waals surface area contributed by atoms with Gasteiger partial charge in [-0.3, -0.25) is 4.79 Å². The van der Waals surface area contributed by atoms with Gasteiger partial charge >= 0.3 is 0 Å². The Balaban J connectivity index is 2.45. The smallest absolute Gasteiger partial charge is 0.176 e. The molecule has 0 heterocycles. The van der Waals surface area contributed by atoms with E-state index in [1.165, 1.54) is 0 Å². The summed E-state index contributed by atoms with van der Waals surface area (Å²) in [6.45, 7) is 0.402. The number of benzene rings is 2. The number of Topliss-reactive ketones (excluding diaryl/α,β-unsaturated/α-hetero) is 1. The molecule has 0 spiro atoms. The second-order valence-corrected chi connectivity index (χ2v) is 4.93. The van der Waals surface area contributed by atoms with Crippen molar-refractivity contribution in [2.45, 2.75) is 0 Å². The number of methoxy groups -OCH3 is 2. The van der Waals surface area contributed by atoms with Gasteiger partial charge in [0.25, 0.3) is 0 Å². The summed E-state index contributed by atoms with van der Waals surface area (Å²) in [6.07, 6.45) is 0. The van der Waals surface area contributed by atoms with Gasteiger partial charge in [0, 0.05) is 5.56 Å². The molecule has 106 valence electrons. The summed E-state index contributed by atoms with van der Waals surface area (Å²) >= 11 is 0. The van der Waals surface area contributed by atoms with E-state index in [-0.39, 0.29) is 5.78 Å². The molecule has 0 N–H and O–H groups in total. The minimum Gasteiger partial charge on any atom is -0.493 e. The van der Waals surface area contributed by atoms with Gasteiger partial charge in [0.05, 0.1) is 20.8 Å². The fourth-order valence-corrected chi connectivity index (χ4v) is 2.13. The lowest BCUT2D eigenvalue weighted by atomic mass is 10.0. The van der Waals surface area contributed by atoms with Crippen LogP contribution in [0.4, 0.5) is 0 Å². The highest BCUT2D eigenvalue weighted by Gasteiger charge is 2.10. The fraction of sp³-hybridized carbons (Fsp3) is 0.312. The molecule has 0 atom stereocenters. The van der Waals surface area contributed by atoms with Crippen molar-refractivity contribution in [3.8, 4) is 11.5 Å². The van der Waals surface area contributed by atoms with Gasteiger partial charge in [-0.2, -0.15) is 0 Å². The van der Waals surface area contributed by atoms with Crippen LogP contribution in [0.25, 0.3) is 10.8 Å². The number of hydrogen-bond acceptors (Lipinski definition) is 4. The lowest BCUT2D eigenvalue weighted by Crippen LogP contribution is -2.21. The van der Waals surface area contributed by atoms with E-state index in [9.17, 15) is 4.79 Å². The molecule has 0 saturated heterocycles. The molecule has 0 amide bonds. The average molecular weight is 273 g/mol. The van der Waals surface area contributed by atoms with Gasteiger partial charge in [0.1, 0.15) is 0 Å². The van der Waals surface area contributed by atoms with Gasteiger partial charge in [-0.1, -0.05) is 12.1 Å². The van der Waals surface area contributed by atoms with Crippen molar-refractivity contribution >= 4 is 16.6 Å². The van der Waals surface area contributed by atoms with Crippen LogP contribution in [-0.4, -0.2) is 45.5 Å². The lowest BCUT2D eigenvalue weighted by molar-refractivity contribution is 0.0958. The normalized spacial score (nSPS) is 10.8. The number of nitrogens with zero attached hydrogens (tertiary/aromatic N) is 1. The van der Waals surface area contributed by atoms with Crippen LogP contribution in [0.5, 0.6) is 11.5 Å². The zero-order valence-corrected chi connectivity index (χ0v) is 12.3. The molecule has 0 radical (unpaired) electrons. The second kappa shape index (κ2) is 5.92. The molecule has 0 bridgehead atoms. The highest BCUT2D eigenvalue weighted by atomic mass is 16.5. The van der Waals surface area contributed by atoms with Crippen LogP contribution in [0, 0.1) is 0 Å². The molecule has 0 aliphatic carbocycles. The predicted molar refractivity (Wildman–Crippen MR) is 79.9 cm³/mol. The van der Waals surface area contributed by atoms with E-state index >= 15 is 0 Å². The van der Waals surface area contributed by atoms with E-state index in [2.05, 4.69) is 0 Å². The van der Waals surface area contributed by atoms with Gasteiger partial charge in [-0.15, -0.1) is 0 Å². The Morgan fingerprint density at radius 1 is 1.00 bits per heavy atom. The fourth-order valence-electron chi connectivity index (χ4n) is 2.13. The molecule has 0 aliphatic rings. The summed E-state index contributed by atoms with van der Waals surface area (Å²) < 4.78 is 10.6. The first-order valence-electron chi connectivity index (χ1n) is 6.39. The van der Waals surface area contributed by atoms with Crippen molar-refractivity contribution in [3.05, 3.63) is 35.9 Å². The van der Waals surface area contributed by atoms with Crippen LogP contribution in [0.2, 0.25) is 0 Å². The summed E-state index contributed by atoms with van der Waals surface area (Å²) in [5.74, 6) is 1.45. The van der Waals surface area contributed by atoms with Gasteiger partial charge in [0.15, 0.2) is 17.3 Å². The molecule has 2 rings (SSSR count). The Hall–Kier alpha value is -2.07. The Labute approximate surface area is 118 Å². The zero-order chi connectivity index (χ0) is 14.7. The van der Waals surface area contributed by atoms with Crippen LogP contribution < -0.4 is 9.47 Å². The van der Waals surface area contributed by atoms with Gasteiger partial charge < -0.3 is 14.4 Å². The first kappa shape index (κ1) is 14.3. The van der Waals surface area contributed by atoms with Crippen molar-refractivity contribution in [2.75, 3.05) is 34.9 Å². The Kier molecular flexibility index (Phi) is 4.25. The minimum absolute atomic E-state index is 0.103. The molecule has 0 fully saturated rings. The number of likely N-dealkylation sites (N-methyl/N-ethyl adjacent to an activating group) is 1. The molecule has 0 saturated carbocycles. The number of carbonyl (C=O) groups is 1. The maximum atomic E-state index is 12.1. The highest BCUT2D eigenvalue weighted by molar-refractivity contribution is 6.01. The third-order valence-electron chi connectivity index (χ3n) is 3.12. The molecule has 0 aliphatic heterocycles. The predicted octanol–water partition coefficient (Wildman–Crippen LogP) is 2.60. The van der Waals surface area contributed by atoms with E-state index in [4.69, 9.17) is 9.47 Å². The van der Waals surface area contributed by atoms with E-state index in [0.717, 1.165) is 10.8 Å². The molecule has 2 aromatic rings. The average Bonchev–Trinajstić information content (AvgIpc) is 2.44. The topological polar surface area (TPSA) is 38.8 Å². The summed E-state index contributed by atoms with van der Waals surface area (Å²) in [4.78, 5) is 13.9. The minimum atomic E-state index is 0.103. The van der Waals surface area contributed by atoms with E-state index < -0.39 is 0 Å². The zero-order valence-electron chi connectivity index (χ0n) is 12.3. The lowest BCUT2D eigenvalue weighted by Gasteiger charge is -2.11. The van der Waals surface area contributed by atoms with Crippen molar-refractivity contribution < 1.29 is 14.3 Å². The maximum absolute atomic E-state index is 12.1. The molecule has 0 aromatic heterocycles. The summed E-state index contributed by atoms with van der Waals surface area (Å²) in [5.41, 5.74) is 0.707.